The monoisotopic (exact) mass is 266 g/mol. The number of aliphatic hydroxyl groups is 1. The van der Waals surface area contributed by atoms with Gasteiger partial charge in [0, 0.05) is 18.0 Å². The minimum absolute atomic E-state index is 0.215. The average molecular weight is 267 g/mol. The molecule has 0 aliphatic carbocycles. The van der Waals surface area contributed by atoms with Gasteiger partial charge in [0.1, 0.15) is 6.04 Å². The number of aliphatic hydroxyl groups excluding tert-OH is 1. The molecule has 18 heavy (non-hydrogen) atoms. The molecule has 0 saturated carbocycles. The van der Waals surface area contributed by atoms with Crippen molar-refractivity contribution in [3.8, 4) is 0 Å². The van der Waals surface area contributed by atoms with Crippen LogP contribution in [0.1, 0.15) is 6.42 Å². The van der Waals surface area contributed by atoms with Crippen LogP contribution in [0.3, 0.4) is 0 Å². The van der Waals surface area contributed by atoms with Gasteiger partial charge in [0.25, 0.3) is 5.91 Å². The molecular formula is C12H11ClN2O3. The predicted octanol–water partition coefficient (Wildman–Crippen LogP) is 1.24. The standard InChI is InChI=1S/C12H11ClN2O3/c13-7-2-1-3-8(4-7)15-11(17)10-5-9(16)6-14(10)12(15)18/h1-4,9-10,16H,5-6H2/t9-,10?/m1/s1. The van der Waals surface area contributed by atoms with E-state index in [0.29, 0.717) is 17.1 Å². The van der Waals surface area contributed by atoms with Gasteiger partial charge in [0.15, 0.2) is 0 Å². The van der Waals surface area contributed by atoms with Crippen molar-refractivity contribution < 1.29 is 14.7 Å². The van der Waals surface area contributed by atoms with Crippen LogP contribution in [0.2, 0.25) is 5.02 Å². The van der Waals surface area contributed by atoms with E-state index in [9.17, 15) is 14.7 Å². The number of urea groups is 1. The van der Waals surface area contributed by atoms with Gasteiger partial charge in [0.2, 0.25) is 0 Å². The van der Waals surface area contributed by atoms with Crippen molar-refractivity contribution in [1.29, 1.82) is 0 Å². The maximum absolute atomic E-state index is 12.2. The molecule has 0 radical (unpaired) electrons. The Morgan fingerprint density at radius 2 is 2.11 bits per heavy atom. The summed E-state index contributed by atoms with van der Waals surface area (Å²) in [4.78, 5) is 26.8. The lowest BCUT2D eigenvalue weighted by Gasteiger charge is -2.16. The summed E-state index contributed by atoms with van der Waals surface area (Å²) in [5, 5.41) is 9.96. The van der Waals surface area contributed by atoms with Crippen LogP contribution in [0.5, 0.6) is 0 Å². The molecule has 2 atom stereocenters. The van der Waals surface area contributed by atoms with Crippen LogP contribution in [-0.2, 0) is 4.79 Å². The summed E-state index contributed by atoms with van der Waals surface area (Å²) in [6.07, 6.45) is -0.300. The first-order valence-electron chi connectivity index (χ1n) is 5.66. The molecule has 3 amide bonds. The van der Waals surface area contributed by atoms with Gasteiger partial charge < -0.3 is 10.0 Å². The minimum Gasteiger partial charge on any atom is -0.391 e. The van der Waals surface area contributed by atoms with Crippen molar-refractivity contribution in [3.05, 3.63) is 29.3 Å². The summed E-state index contributed by atoms with van der Waals surface area (Å²) in [7, 11) is 0. The molecular weight excluding hydrogens is 256 g/mol. The Hall–Kier alpha value is -1.59. The van der Waals surface area contributed by atoms with Crippen molar-refractivity contribution >= 4 is 29.2 Å². The van der Waals surface area contributed by atoms with E-state index >= 15 is 0 Å². The molecule has 0 bridgehead atoms. The summed E-state index contributed by atoms with van der Waals surface area (Å²) >= 11 is 5.86. The number of carbonyl (C=O) groups excluding carboxylic acids is 2. The fourth-order valence-electron chi connectivity index (χ4n) is 2.48. The highest BCUT2D eigenvalue weighted by Crippen LogP contribution is 2.32. The summed E-state index contributed by atoms with van der Waals surface area (Å²) < 4.78 is 0. The summed E-state index contributed by atoms with van der Waals surface area (Å²) in [6, 6.07) is 5.70. The number of hydrogen-bond acceptors (Lipinski definition) is 3. The van der Waals surface area contributed by atoms with Crippen LogP contribution < -0.4 is 4.90 Å². The molecule has 2 aliphatic heterocycles. The third-order valence-corrected chi connectivity index (χ3v) is 3.52. The van der Waals surface area contributed by atoms with Crippen LogP contribution in [0.25, 0.3) is 0 Å². The molecule has 1 aromatic carbocycles. The number of rotatable bonds is 1. The molecule has 1 unspecified atom stereocenters. The molecule has 6 heteroatoms. The number of anilines is 1. The first-order valence-corrected chi connectivity index (χ1v) is 6.04. The Labute approximate surface area is 109 Å². The Kier molecular flexibility index (Phi) is 2.53. The normalized spacial score (nSPS) is 27.0. The first kappa shape index (κ1) is 11.5. The minimum atomic E-state index is -0.607. The summed E-state index contributed by atoms with van der Waals surface area (Å²) in [6.45, 7) is 0.215. The second-order valence-corrected chi connectivity index (χ2v) is 4.93. The fourth-order valence-corrected chi connectivity index (χ4v) is 2.67. The lowest BCUT2D eigenvalue weighted by molar-refractivity contribution is -0.119. The van der Waals surface area contributed by atoms with Crippen molar-refractivity contribution in [2.45, 2.75) is 18.6 Å². The molecule has 2 aliphatic rings. The molecule has 3 rings (SSSR count). The fraction of sp³-hybridized carbons (Fsp3) is 0.333. The Balaban J connectivity index is 1.96. The van der Waals surface area contributed by atoms with E-state index in [4.69, 9.17) is 11.6 Å². The van der Waals surface area contributed by atoms with Gasteiger partial charge in [-0.1, -0.05) is 17.7 Å². The van der Waals surface area contributed by atoms with E-state index in [1.165, 1.54) is 4.90 Å². The summed E-state index contributed by atoms with van der Waals surface area (Å²) in [5.41, 5.74) is 0.474. The van der Waals surface area contributed by atoms with E-state index < -0.39 is 12.1 Å². The Morgan fingerprint density at radius 3 is 2.78 bits per heavy atom. The number of amides is 3. The molecule has 94 valence electrons. The lowest BCUT2D eigenvalue weighted by atomic mass is 10.2. The second-order valence-electron chi connectivity index (χ2n) is 4.49. The van der Waals surface area contributed by atoms with Crippen LogP contribution in [0, 0.1) is 0 Å². The van der Waals surface area contributed by atoms with Crippen molar-refractivity contribution in [3.63, 3.8) is 0 Å². The largest absolute Gasteiger partial charge is 0.391 e. The predicted molar refractivity (Wildman–Crippen MR) is 65.5 cm³/mol. The molecule has 0 aromatic heterocycles. The van der Waals surface area contributed by atoms with Crippen LogP contribution in [0.4, 0.5) is 10.5 Å². The zero-order valence-corrected chi connectivity index (χ0v) is 10.2. The lowest BCUT2D eigenvalue weighted by Crippen LogP contribution is -2.35. The molecule has 0 spiro atoms. The molecule has 1 aromatic rings. The van der Waals surface area contributed by atoms with E-state index in [1.54, 1.807) is 24.3 Å². The number of imide groups is 1. The van der Waals surface area contributed by atoms with Gasteiger partial charge in [-0.05, 0) is 18.2 Å². The number of benzene rings is 1. The smallest absolute Gasteiger partial charge is 0.332 e. The van der Waals surface area contributed by atoms with Crippen molar-refractivity contribution in [2.75, 3.05) is 11.4 Å². The third kappa shape index (κ3) is 1.59. The van der Waals surface area contributed by atoms with Gasteiger partial charge in [-0.25, -0.2) is 9.69 Å². The maximum atomic E-state index is 12.2. The first-order chi connectivity index (χ1) is 8.58. The van der Waals surface area contributed by atoms with Gasteiger partial charge in [-0.15, -0.1) is 0 Å². The van der Waals surface area contributed by atoms with Crippen molar-refractivity contribution in [1.82, 2.24) is 4.90 Å². The van der Waals surface area contributed by atoms with E-state index in [1.807, 2.05) is 0 Å². The topological polar surface area (TPSA) is 60.9 Å². The number of nitrogens with zero attached hydrogens (tertiary/aromatic N) is 2. The Morgan fingerprint density at radius 1 is 1.33 bits per heavy atom. The van der Waals surface area contributed by atoms with Gasteiger partial charge >= 0.3 is 6.03 Å². The third-order valence-electron chi connectivity index (χ3n) is 3.29. The van der Waals surface area contributed by atoms with Gasteiger partial charge in [-0.3, -0.25) is 4.79 Å². The zero-order valence-electron chi connectivity index (χ0n) is 9.41. The van der Waals surface area contributed by atoms with Crippen molar-refractivity contribution in [2.24, 2.45) is 0 Å². The highest BCUT2D eigenvalue weighted by molar-refractivity contribution is 6.31. The van der Waals surface area contributed by atoms with Crippen LogP contribution >= 0.6 is 11.6 Å². The highest BCUT2D eigenvalue weighted by atomic mass is 35.5. The van der Waals surface area contributed by atoms with Gasteiger partial charge in [0.05, 0.1) is 11.8 Å². The number of carbonyl (C=O) groups is 2. The molecule has 5 nitrogen and oxygen atoms in total. The second kappa shape index (κ2) is 3.96. The average Bonchev–Trinajstić information content (AvgIpc) is 2.79. The molecule has 2 fully saturated rings. The number of hydrogen-bond donors (Lipinski definition) is 1. The zero-order chi connectivity index (χ0) is 12.9. The Bertz CT molecular complexity index is 510. The van der Waals surface area contributed by atoms with Crippen LogP contribution in [0.15, 0.2) is 24.3 Å². The van der Waals surface area contributed by atoms with E-state index in [0.717, 1.165) is 4.90 Å². The summed E-state index contributed by atoms with van der Waals surface area (Å²) in [5.74, 6) is -0.293. The quantitative estimate of drug-likeness (QED) is 0.778. The molecule has 2 heterocycles. The van der Waals surface area contributed by atoms with E-state index in [-0.39, 0.29) is 18.5 Å². The SMILES string of the molecule is O=C1C2C[C@@H](O)CN2C(=O)N1c1cccc(Cl)c1. The maximum Gasteiger partial charge on any atom is 0.332 e. The number of halogens is 1. The number of fused-ring (bicyclic) bond motifs is 1. The van der Waals surface area contributed by atoms with E-state index in [2.05, 4.69) is 0 Å². The molecule has 2 saturated heterocycles. The molecule has 1 N–H and O–H groups in total. The highest BCUT2D eigenvalue weighted by Gasteiger charge is 2.50. The van der Waals surface area contributed by atoms with Gasteiger partial charge in [-0.2, -0.15) is 0 Å². The van der Waals surface area contributed by atoms with Crippen LogP contribution in [-0.4, -0.2) is 40.6 Å².